The Balaban J connectivity index is 1.25. The smallest absolute Gasteiger partial charge is 0.216 e. The summed E-state index contributed by atoms with van der Waals surface area (Å²) in [6.07, 6.45) is 6.05. The van der Waals surface area contributed by atoms with Crippen molar-refractivity contribution in [1.29, 1.82) is 0 Å². The molecule has 2 heterocycles. The fraction of sp³-hybridized carbons (Fsp3) is 0.565. The molecular weight excluding hydrogens is 471 g/mol. The van der Waals surface area contributed by atoms with E-state index in [1.54, 1.807) is 12.1 Å². The van der Waals surface area contributed by atoms with Crippen LogP contribution in [0.1, 0.15) is 49.1 Å². The number of rotatable bonds is 16. The van der Waals surface area contributed by atoms with Gasteiger partial charge in [0.15, 0.2) is 5.75 Å². The van der Waals surface area contributed by atoms with Gasteiger partial charge in [-0.15, -0.1) is 0 Å². The maximum Gasteiger partial charge on any atom is 0.216 e. The van der Waals surface area contributed by atoms with Gasteiger partial charge in [-0.05, 0) is 25.0 Å². The number of aliphatic imine (C=N–C) groups is 1. The zero-order chi connectivity index (χ0) is 23.3. The second-order valence-electron chi connectivity index (χ2n) is 7.55. The molecule has 0 fully saturated rings. The van der Waals surface area contributed by atoms with Crippen LogP contribution in [0.25, 0.3) is 0 Å². The van der Waals surface area contributed by atoms with Gasteiger partial charge in [-0.25, -0.2) is 4.99 Å². The highest BCUT2D eigenvalue weighted by molar-refractivity contribution is 6.37. The third-order valence-corrected chi connectivity index (χ3v) is 5.47. The van der Waals surface area contributed by atoms with E-state index in [0.717, 1.165) is 55.5 Å². The average molecular weight is 501 g/mol. The Bertz CT molecular complexity index is 867. The largest absolute Gasteiger partial charge is 0.490 e. The van der Waals surface area contributed by atoms with Gasteiger partial charge in [-0.1, -0.05) is 47.6 Å². The molecule has 1 aromatic heterocycles. The van der Waals surface area contributed by atoms with Crippen molar-refractivity contribution in [2.24, 2.45) is 4.99 Å². The molecule has 10 heteroatoms. The Labute approximate surface area is 203 Å². The van der Waals surface area contributed by atoms with Crippen molar-refractivity contribution < 1.29 is 28.6 Å². The number of nitrogens with zero attached hydrogens (tertiary/aromatic N) is 2. The summed E-state index contributed by atoms with van der Waals surface area (Å²) in [5.74, 6) is 1.93. The second kappa shape index (κ2) is 14.4. The molecule has 0 saturated carbocycles. The minimum Gasteiger partial charge on any atom is -0.490 e. The standard InChI is InChI=1S/C23H30Cl2N2O6/c24-20-12-17(23-26-7-10-32-23)13-21(25)22(20)31-9-5-3-1-2-4-6-19-14-18(27-33-19)15-30-16-29-11-8-28/h12-14,28H,1-11,15-16H2. The van der Waals surface area contributed by atoms with E-state index in [4.69, 9.17) is 51.8 Å². The first kappa shape index (κ1) is 25.8. The average Bonchev–Trinajstić information content (AvgIpc) is 3.49. The molecule has 182 valence electrons. The van der Waals surface area contributed by atoms with Crippen LogP contribution in [0.4, 0.5) is 0 Å². The quantitative estimate of drug-likeness (QED) is 0.261. The minimum absolute atomic E-state index is 0.0199. The lowest BCUT2D eigenvalue weighted by molar-refractivity contribution is -0.0705. The number of aliphatic hydroxyl groups excluding tert-OH is 1. The van der Waals surface area contributed by atoms with Gasteiger partial charge >= 0.3 is 0 Å². The van der Waals surface area contributed by atoms with E-state index >= 15 is 0 Å². The highest BCUT2D eigenvalue weighted by atomic mass is 35.5. The number of aliphatic hydroxyl groups is 1. The third kappa shape index (κ3) is 8.79. The van der Waals surface area contributed by atoms with Gasteiger partial charge in [0.2, 0.25) is 5.90 Å². The lowest BCUT2D eigenvalue weighted by Crippen LogP contribution is -2.04. The van der Waals surface area contributed by atoms with Gasteiger partial charge in [0.25, 0.3) is 0 Å². The molecule has 8 nitrogen and oxygen atoms in total. The Hall–Kier alpha value is -1.84. The van der Waals surface area contributed by atoms with Crippen molar-refractivity contribution in [2.75, 3.05) is 39.8 Å². The van der Waals surface area contributed by atoms with Crippen LogP contribution in [0.3, 0.4) is 0 Å². The summed E-state index contributed by atoms with van der Waals surface area (Å²) in [5.41, 5.74) is 1.51. The van der Waals surface area contributed by atoms with E-state index in [1.165, 1.54) is 0 Å². The van der Waals surface area contributed by atoms with Crippen molar-refractivity contribution in [3.8, 4) is 5.75 Å². The topological polar surface area (TPSA) is 95.5 Å². The van der Waals surface area contributed by atoms with Crippen LogP contribution in [0.2, 0.25) is 10.0 Å². The first-order chi connectivity index (χ1) is 16.2. The molecule has 33 heavy (non-hydrogen) atoms. The zero-order valence-corrected chi connectivity index (χ0v) is 20.1. The number of unbranched alkanes of at least 4 members (excludes halogenated alkanes) is 4. The van der Waals surface area contributed by atoms with E-state index in [-0.39, 0.29) is 20.0 Å². The fourth-order valence-electron chi connectivity index (χ4n) is 3.31. The SMILES string of the molecule is OCCOCOCc1cc(CCCCCCCOc2c(Cl)cc(C3=NCCO3)cc2Cl)on1. The van der Waals surface area contributed by atoms with E-state index < -0.39 is 0 Å². The van der Waals surface area contributed by atoms with Crippen LogP contribution in [-0.4, -0.2) is 55.9 Å². The monoisotopic (exact) mass is 500 g/mol. The molecule has 0 aliphatic carbocycles. The maximum atomic E-state index is 8.63. The molecule has 1 aliphatic heterocycles. The van der Waals surface area contributed by atoms with Crippen molar-refractivity contribution in [2.45, 2.75) is 45.1 Å². The molecule has 1 aromatic carbocycles. The van der Waals surface area contributed by atoms with Crippen molar-refractivity contribution >= 4 is 29.1 Å². The molecule has 0 atom stereocenters. The van der Waals surface area contributed by atoms with Gasteiger partial charge in [0.1, 0.15) is 24.9 Å². The van der Waals surface area contributed by atoms with Gasteiger partial charge in [-0.3, -0.25) is 0 Å². The van der Waals surface area contributed by atoms with Gasteiger partial charge in [-0.2, -0.15) is 0 Å². The molecule has 0 unspecified atom stereocenters. The zero-order valence-electron chi connectivity index (χ0n) is 18.6. The number of benzene rings is 1. The summed E-state index contributed by atoms with van der Waals surface area (Å²) < 4.78 is 26.9. The Morgan fingerprint density at radius 3 is 2.52 bits per heavy atom. The minimum atomic E-state index is -0.0199. The van der Waals surface area contributed by atoms with E-state index in [0.29, 0.717) is 48.1 Å². The second-order valence-corrected chi connectivity index (χ2v) is 8.37. The van der Waals surface area contributed by atoms with Crippen molar-refractivity contribution in [3.05, 3.63) is 45.3 Å². The first-order valence-corrected chi connectivity index (χ1v) is 11.9. The molecule has 0 saturated heterocycles. The number of aryl methyl sites for hydroxylation is 1. The Morgan fingerprint density at radius 1 is 0.970 bits per heavy atom. The summed E-state index contributed by atoms with van der Waals surface area (Å²) in [7, 11) is 0. The molecule has 0 spiro atoms. The highest BCUT2D eigenvalue weighted by Crippen LogP contribution is 2.35. The third-order valence-electron chi connectivity index (χ3n) is 4.90. The number of hydrogen-bond donors (Lipinski definition) is 1. The highest BCUT2D eigenvalue weighted by Gasteiger charge is 2.16. The summed E-state index contributed by atoms with van der Waals surface area (Å²) in [5, 5.41) is 13.5. The molecule has 1 aliphatic rings. The number of ether oxygens (including phenoxy) is 4. The lowest BCUT2D eigenvalue weighted by atomic mass is 10.1. The van der Waals surface area contributed by atoms with Gasteiger partial charge < -0.3 is 28.6 Å². The van der Waals surface area contributed by atoms with Crippen LogP contribution in [0.5, 0.6) is 5.75 Å². The van der Waals surface area contributed by atoms with Crippen LogP contribution in [0.15, 0.2) is 27.7 Å². The fourth-order valence-corrected chi connectivity index (χ4v) is 3.90. The van der Waals surface area contributed by atoms with Gasteiger partial charge in [0, 0.05) is 18.1 Å². The van der Waals surface area contributed by atoms with Crippen LogP contribution >= 0.6 is 23.2 Å². The summed E-state index contributed by atoms with van der Waals surface area (Å²) >= 11 is 12.7. The normalized spacial score (nSPS) is 13.2. The Kier molecular flexibility index (Phi) is 11.3. The summed E-state index contributed by atoms with van der Waals surface area (Å²) in [6.45, 7) is 2.49. The van der Waals surface area contributed by atoms with Crippen molar-refractivity contribution in [1.82, 2.24) is 5.16 Å². The molecule has 0 amide bonds. The molecule has 0 bridgehead atoms. The number of hydrogen-bond acceptors (Lipinski definition) is 8. The Morgan fingerprint density at radius 2 is 1.76 bits per heavy atom. The number of halogens is 2. The van der Waals surface area contributed by atoms with Crippen molar-refractivity contribution in [3.63, 3.8) is 0 Å². The summed E-state index contributed by atoms with van der Waals surface area (Å²) in [4.78, 5) is 4.28. The van der Waals surface area contributed by atoms with Gasteiger partial charge in [0.05, 0.1) is 43.0 Å². The summed E-state index contributed by atoms with van der Waals surface area (Å²) in [6, 6.07) is 5.46. The van der Waals surface area contributed by atoms with E-state index in [1.807, 2.05) is 6.07 Å². The van der Waals surface area contributed by atoms with Crippen LogP contribution in [-0.2, 0) is 27.2 Å². The molecule has 1 N–H and O–H groups in total. The number of aromatic nitrogens is 1. The van der Waals surface area contributed by atoms with E-state index in [9.17, 15) is 0 Å². The van der Waals surface area contributed by atoms with Crippen LogP contribution in [0, 0.1) is 0 Å². The predicted molar refractivity (Wildman–Crippen MR) is 125 cm³/mol. The first-order valence-electron chi connectivity index (χ1n) is 11.2. The van der Waals surface area contributed by atoms with E-state index in [2.05, 4.69) is 10.1 Å². The lowest BCUT2D eigenvalue weighted by Gasteiger charge is -2.12. The molecule has 0 radical (unpaired) electrons. The maximum absolute atomic E-state index is 8.63. The molecule has 2 aromatic rings. The molecular formula is C23H30Cl2N2O6. The predicted octanol–water partition coefficient (Wildman–Crippen LogP) is 4.81. The molecule has 3 rings (SSSR count). The van der Waals surface area contributed by atoms with Crippen LogP contribution < -0.4 is 4.74 Å².